The summed E-state index contributed by atoms with van der Waals surface area (Å²) in [6.45, 7) is -3.46. The molecule has 0 heterocycles. The van der Waals surface area contributed by atoms with Crippen LogP contribution in [0, 0.1) is 0 Å². The number of esters is 1. The van der Waals surface area contributed by atoms with Crippen molar-refractivity contribution in [3.8, 4) is 5.75 Å². The minimum atomic E-state index is -2.99. The first-order valence-electron chi connectivity index (χ1n) is 8.15. The molecule has 0 unspecified atom stereocenters. The molecular formula is C19H17F2NO4. The quantitative estimate of drug-likeness (QED) is 0.799. The van der Waals surface area contributed by atoms with Crippen LogP contribution in [0.25, 0.3) is 0 Å². The Bertz CT molecular complexity index is 823. The number of hydrogen-bond donors (Lipinski definition) is 1. The summed E-state index contributed by atoms with van der Waals surface area (Å²) in [5.74, 6) is -1.43. The van der Waals surface area contributed by atoms with Gasteiger partial charge in [0.05, 0.1) is 5.56 Å². The molecule has 0 radical (unpaired) electrons. The summed E-state index contributed by atoms with van der Waals surface area (Å²) >= 11 is 0. The molecule has 7 heteroatoms. The highest BCUT2D eigenvalue weighted by Crippen LogP contribution is 2.24. The Morgan fingerprint density at radius 2 is 1.88 bits per heavy atom. The highest BCUT2D eigenvalue weighted by molar-refractivity contribution is 5.95. The maximum Gasteiger partial charge on any atom is 0.387 e. The minimum absolute atomic E-state index is 0.0217. The van der Waals surface area contributed by atoms with Crippen LogP contribution >= 0.6 is 0 Å². The molecule has 136 valence electrons. The first-order valence-corrected chi connectivity index (χ1v) is 8.15. The lowest BCUT2D eigenvalue weighted by Crippen LogP contribution is -2.21. The lowest BCUT2D eigenvalue weighted by molar-refractivity contribution is -0.119. The van der Waals surface area contributed by atoms with Crippen LogP contribution in [-0.4, -0.2) is 25.1 Å². The lowest BCUT2D eigenvalue weighted by atomic mass is 10.1. The monoisotopic (exact) mass is 361 g/mol. The number of rotatable bonds is 6. The molecule has 0 fully saturated rings. The van der Waals surface area contributed by atoms with Gasteiger partial charge >= 0.3 is 12.6 Å². The van der Waals surface area contributed by atoms with E-state index in [4.69, 9.17) is 4.74 Å². The molecule has 2 aromatic carbocycles. The molecule has 0 saturated heterocycles. The maximum atomic E-state index is 12.2. The van der Waals surface area contributed by atoms with Gasteiger partial charge in [-0.2, -0.15) is 8.78 Å². The average Bonchev–Trinajstić information content (AvgIpc) is 3.07. The topological polar surface area (TPSA) is 64.6 Å². The highest BCUT2D eigenvalue weighted by atomic mass is 19.3. The van der Waals surface area contributed by atoms with E-state index in [1.54, 1.807) is 0 Å². The minimum Gasteiger partial charge on any atom is -0.452 e. The summed E-state index contributed by atoms with van der Waals surface area (Å²) in [7, 11) is 0. The number of anilines is 1. The molecule has 0 aliphatic heterocycles. The molecule has 1 N–H and O–H groups in total. The number of halogens is 2. The number of hydrogen-bond acceptors (Lipinski definition) is 4. The SMILES string of the molecule is O=C(COC(=O)c1cccc(OC(F)F)c1)Nc1ccc2c(c1)CCC2. The second kappa shape index (κ2) is 7.95. The van der Waals surface area contributed by atoms with Crippen molar-refractivity contribution in [2.24, 2.45) is 0 Å². The molecule has 0 saturated carbocycles. The molecule has 0 spiro atoms. The summed E-state index contributed by atoms with van der Waals surface area (Å²) < 4.78 is 33.6. The zero-order chi connectivity index (χ0) is 18.5. The van der Waals surface area contributed by atoms with Gasteiger partial charge in [0, 0.05) is 5.69 Å². The molecule has 0 atom stereocenters. The summed E-state index contributed by atoms with van der Waals surface area (Å²) in [5, 5.41) is 2.68. The molecule has 26 heavy (non-hydrogen) atoms. The lowest BCUT2D eigenvalue weighted by Gasteiger charge is -2.09. The van der Waals surface area contributed by atoms with Crippen LogP contribution in [-0.2, 0) is 22.4 Å². The van der Waals surface area contributed by atoms with Gasteiger partial charge in [-0.1, -0.05) is 12.1 Å². The number of aryl methyl sites for hydroxylation is 2. The number of amides is 1. The van der Waals surface area contributed by atoms with Crippen molar-refractivity contribution in [2.75, 3.05) is 11.9 Å². The van der Waals surface area contributed by atoms with E-state index in [2.05, 4.69) is 10.1 Å². The number of benzene rings is 2. The van der Waals surface area contributed by atoms with Crippen molar-refractivity contribution < 1.29 is 27.8 Å². The van der Waals surface area contributed by atoms with Crippen LogP contribution in [0.4, 0.5) is 14.5 Å². The standard InChI is InChI=1S/C19H17F2NO4/c20-19(21)26-16-6-2-5-14(10-16)18(24)25-11-17(23)22-15-8-7-12-3-1-4-13(12)9-15/h2,5-10,19H,1,3-4,11H2,(H,22,23). The van der Waals surface area contributed by atoms with Crippen LogP contribution in [0.15, 0.2) is 42.5 Å². The smallest absolute Gasteiger partial charge is 0.387 e. The van der Waals surface area contributed by atoms with Gasteiger partial charge in [-0.3, -0.25) is 4.79 Å². The Balaban J connectivity index is 1.53. The fraction of sp³-hybridized carbons (Fsp3) is 0.263. The van der Waals surface area contributed by atoms with E-state index >= 15 is 0 Å². The number of carbonyl (C=O) groups excluding carboxylic acids is 2. The highest BCUT2D eigenvalue weighted by Gasteiger charge is 2.14. The van der Waals surface area contributed by atoms with Gasteiger partial charge < -0.3 is 14.8 Å². The third kappa shape index (κ3) is 4.56. The van der Waals surface area contributed by atoms with Crippen molar-refractivity contribution in [1.29, 1.82) is 0 Å². The normalized spacial score (nSPS) is 12.6. The van der Waals surface area contributed by atoms with E-state index < -0.39 is 25.1 Å². The van der Waals surface area contributed by atoms with Crippen LogP contribution in [0.5, 0.6) is 5.75 Å². The van der Waals surface area contributed by atoms with Gasteiger partial charge in [0.15, 0.2) is 6.61 Å². The Kier molecular flexibility index (Phi) is 5.46. The first-order chi connectivity index (χ1) is 12.5. The third-order valence-corrected chi connectivity index (χ3v) is 4.01. The Morgan fingerprint density at radius 3 is 2.69 bits per heavy atom. The number of nitrogens with one attached hydrogen (secondary N) is 1. The number of ether oxygens (including phenoxy) is 2. The summed E-state index contributed by atoms with van der Waals surface area (Å²) in [4.78, 5) is 23.9. The van der Waals surface area contributed by atoms with E-state index in [0.29, 0.717) is 5.69 Å². The van der Waals surface area contributed by atoms with Gasteiger partial charge in [-0.15, -0.1) is 0 Å². The van der Waals surface area contributed by atoms with E-state index in [0.717, 1.165) is 25.3 Å². The molecule has 0 aromatic heterocycles. The van der Waals surface area contributed by atoms with Gasteiger partial charge in [-0.05, 0) is 60.7 Å². The summed E-state index contributed by atoms with van der Waals surface area (Å²) in [5.41, 5.74) is 3.18. The molecule has 3 rings (SSSR count). The van der Waals surface area contributed by atoms with Gasteiger partial charge in [-0.25, -0.2) is 4.79 Å². The van der Waals surface area contributed by atoms with Gasteiger partial charge in [0.2, 0.25) is 0 Å². The predicted molar refractivity (Wildman–Crippen MR) is 90.5 cm³/mol. The molecule has 1 aliphatic carbocycles. The fourth-order valence-electron chi connectivity index (χ4n) is 2.86. The molecule has 0 bridgehead atoms. The van der Waals surface area contributed by atoms with Crippen molar-refractivity contribution in [3.05, 3.63) is 59.2 Å². The summed E-state index contributed by atoms with van der Waals surface area (Å²) in [6, 6.07) is 10.9. The molecule has 5 nitrogen and oxygen atoms in total. The Labute approximate surface area is 148 Å². The van der Waals surface area contributed by atoms with Crippen molar-refractivity contribution in [1.82, 2.24) is 0 Å². The van der Waals surface area contributed by atoms with Crippen molar-refractivity contribution >= 4 is 17.6 Å². The molecule has 1 aliphatic rings. The molecule has 2 aromatic rings. The van der Waals surface area contributed by atoms with Crippen molar-refractivity contribution in [3.63, 3.8) is 0 Å². The van der Waals surface area contributed by atoms with Crippen LogP contribution < -0.4 is 10.1 Å². The number of carbonyl (C=O) groups is 2. The number of alkyl halides is 2. The third-order valence-electron chi connectivity index (χ3n) is 4.01. The van der Waals surface area contributed by atoms with E-state index in [1.165, 1.54) is 29.3 Å². The van der Waals surface area contributed by atoms with Crippen LogP contribution in [0.3, 0.4) is 0 Å². The van der Waals surface area contributed by atoms with E-state index in [1.807, 2.05) is 18.2 Å². The number of fused-ring (bicyclic) bond motifs is 1. The predicted octanol–water partition coefficient (Wildman–Crippen LogP) is 3.57. The first kappa shape index (κ1) is 17.8. The van der Waals surface area contributed by atoms with E-state index in [9.17, 15) is 18.4 Å². The van der Waals surface area contributed by atoms with Crippen molar-refractivity contribution in [2.45, 2.75) is 25.9 Å². The largest absolute Gasteiger partial charge is 0.452 e. The van der Waals surface area contributed by atoms with Gasteiger partial charge in [0.25, 0.3) is 5.91 Å². The average molecular weight is 361 g/mol. The second-order valence-electron chi connectivity index (χ2n) is 5.87. The van der Waals surface area contributed by atoms with Crippen LogP contribution in [0.1, 0.15) is 27.9 Å². The Morgan fingerprint density at radius 1 is 1.08 bits per heavy atom. The Hall–Kier alpha value is -2.96. The van der Waals surface area contributed by atoms with Gasteiger partial charge in [0.1, 0.15) is 5.75 Å². The second-order valence-corrected chi connectivity index (χ2v) is 5.87. The zero-order valence-corrected chi connectivity index (χ0v) is 13.8. The fourth-order valence-corrected chi connectivity index (χ4v) is 2.86. The summed E-state index contributed by atoms with van der Waals surface area (Å²) in [6.07, 6.45) is 3.15. The maximum absolute atomic E-state index is 12.2. The van der Waals surface area contributed by atoms with Crippen LogP contribution in [0.2, 0.25) is 0 Å². The molecular weight excluding hydrogens is 344 g/mol. The zero-order valence-electron chi connectivity index (χ0n) is 13.8. The molecule has 1 amide bonds. The van der Waals surface area contributed by atoms with E-state index in [-0.39, 0.29) is 11.3 Å².